The van der Waals surface area contributed by atoms with Crippen molar-refractivity contribution in [2.45, 2.75) is 39.3 Å². The molecule has 8 heteroatoms. The Balaban J connectivity index is 1.88. The average Bonchev–Trinajstić information content (AvgIpc) is 3.19. The topological polar surface area (TPSA) is 67.7 Å². The van der Waals surface area contributed by atoms with E-state index in [1.807, 2.05) is 24.3 Å². The number of allylic oxidation sites excluding steroid dienone is 1. The lowest BCUT2D eigenvalue weighted by molar-refractivity contribution is 0.284. The fourth-order valence-electron chi connectivity index (χ4n) is 2.91. The van der Waals surface area contributed by atoms with Crippen LogP contribution in [0.2, 0.25) is 0 Å². The summed E-state index contributed by atoms with van der Waals surface area (Å²) in [4.78, 5) is 6.25. The minimum absolute atomic E-state index is 0.00660. The summed E-state index contributed by atoms with van der Waals surface area (Å²) < 4.78 is 33.8. The average molecular weight is 473 g/mol. The minimum atomic E-state index is -3.62. The first-order chi connectivity index (χ1) is 15.5. The van der Waals surface area contributed by atoms with Crippen LogP contribution in [0.3, 0.4) is 0 Å². The first-order valence-electron chi connectivity index (χ1n) is 11.1. The van der Waals surface area contributed by atoms with E-state index in [4.69, 9.17) is 4.74 Å². The molecule has 0 saturated carbocycles. The van der Waals surface area contributed by atoms with Crippen LogP contribution in [0.4, 0.5) is 0 Å². The first-order valence-corrected chi connectivity index (χ1v) is 12.5. The van der Waals surface area contributed by atoms with Gasteiger partial charge in [0.15, 0.2) is 5.03 Å². The number of sulfonamides is 1. The quantitative estimate of drug-likeness (QED) is 0.468. The molecule has 0 fully saturated rings. The number of imidazole rings is 1. The molecule has 0 aliphatic heterocycles. The Labute approximate surface area is 199 Å². The van der Waals surface area contributed by atoms with Crippen LogP contribution in [0.1, 0.15) is 33.3 Å². The number of rotatable bonds is 11. The van der Waals surface area contributed by atoms with E-state index in [1.54, 1.807) is 11.6 Å². The van der Waals surface area contributed by atoms with Crippen LogP contribution in [-0.2, 0) is 23.6 Å². The lowest BCUT2D eigenvalue weighted by atomic mass is 9.98. The molecule has 0 N–H and O–H groups in total. The highest BCUT2D eigenvalue weighted by molar-refractivity contribution is 7.89. The van der Waals surface area contributed by atoms with Crippen LogP contribution < -0.4 is 4.74 Å². The molecule has 1 aromatic heterocycles. The van der Waals surface area contributed by atoms with Gasteiger partial charge in [-0.1, -0.05) is 37.0 Å². The van der Waals surface area contributed by atoms with Crippen molar-refractivity contribution in [2.24, 2.45) is 12.5 Å². The van der Waals surface area contributed by atoms with Crippen molar-refractivity contribution in [2.75, 3.05) is 33.3 Å². The number of aryl methyl sites for hydroxylation is 1. The van der Waals surface area contributed by atoms with Gasteiger partial charge in [-0.2, -0.15) is 4.31 Å². The maximum absolute atomic E-state index is 12.5. The van der Waals surface area contributed by atoms with Gasteiger partial charge in [0.1, 0.15) is 12.4 Å². The van der Waals surface area contributed by atoms with Crippen molar-refractivity contribution < 1.29 is 13.2 Å². The van der Waals surface area contributed by atoms with E-state index in [0.717, 1.165) is 30.9 Å². The van der Waals surface area contributed by atoms with Crippen LogP contribution in [-0.4, -0.2) is 60.5 Å². The van der Waals surface area contributed by atoms with Gasteiger partial charge in [-0.05, 0) is 51.1 Å². The normalized spacial score (nSPS) is 12.4. The van der Waals surface area contributed by atoms with Crippen molar-refractivity contribution >= 4 is 10.0 Å². The lowest BCUT2D eigenvalue weighted by Gasteiger charge is -2.19. The highest BCUT2D eigenvalue weighted by Crippen LogP contribution is 2.16. The fourth-order valence-corrected chi connectivity index (χ4v) is 4.02. The van der Waals surface area contributed by atoms with E-state index >= 15 is 0 Å². The Bertz CT molecular complexity index is 1090. The monoisotopic (exact) mass is 472 g/mol. The summed E-state index contributed by atoms with van der Waals surface area (Å²) in [5.74, 6) is 7.02. The molecule has 180 valence electrons. The zero-order valence-corrected chi connectivity index (χ0v) is 21.4. The Morgan fingerprint density at radius 1 is 1.27 bits per heavy atom. The van der Waals surface area contributed by atoms with Gasteiger partial charge in [0, 0.05) is 45.3 Å². The predicted octanol–water partition coefficient (Wildman–Crippen LogP) is 3.55. The summed E-state index contributed by atoms with van der Waals surface area (Å²) in [7, 11) is -0.357. The van der Waals surface area contributed by atoms with E-state index in [9.17, 15) is 8.42 Å². The van der Waals surface area contributed by atoms with E-state index in [-0.39, 0.29) is 23.6 Å². The third-order valence-corrected chi connectivity index (χ3v) is 6.54. The molecule has 0 unspecified atom stereocenters. The molecule has 0 saturated heterocycles. The molecule has 7 nitrogen and oxygen atoms in total. The maximum atomic E-state index is 12.5. The van der Waals surface area contributed by atoms with Gasteiger partial charge < -0.3 is 9.30 Å². The summed E-state index contributed by atoms with van der Waals surface area (Å²) in [6, 6.07) is 7.90. The minimum Gasteiger partial charge on any atom is -0.492 e. The zero-order valence-electron chi connectivity index (χ0n) is 20.6. The third-order valence-electron chi connectivity index (χ3n) is 4.79. The largest absolute Gasteiger partial charge is 0.492 e. The summed E-state index contributed by atoms with van der Waals surface area (Å²) in [6.45, 7) is 11.4. The number of benzene rings is 1. The molecule has 0 bridgehead atoms. The first kappa shape index (κ1) is 26.7. The molecule has 1 aromatic carbocycles. The Morgan fingerprint density at radius 2 is 2.03 bits per heavy atom. The second-order valence-electron chi connectivity index (χ2n) is 8.95. The standard InChI is InChI=1S/C25H36N4O3S/c1-7-29(15-10-8-9-14-25(2,3)4)19-22-12-11-13-23(18-22)32-17-16-28(6)33(30,31)24-20-27(5)21-26-24/h8,10-13,18,20-21H,7,15-17,19H2,1-6H3/b10-8+. The smallest absolute Gasteiger partial charge is 0.261 e. The second-order valence-corrected chi connectivity index (χ2v) is 10.9. The summed E-state index contributed by atoms with van der Waals surface area (Å²) >= 11 is 0. The molecule has 33 heavy (non-hydrogen) atoms. The molecular formula is C25H36N4O3S. The van der Waals surface area contributed by atoms with Gasteiger partial charge in [-0.15, -0.1) is 0 Å². The van der Waals surface area contributed by atoms with Crippen molar-refractivity contribution in [3.63, 3.8) is 0 Å². The molecule has 0 aliphatic rings. The van der Waals surface area contributed by atoms with Gasteiger partial charge in [0.2, 0.25) is 0 Å². The van der Waals surface area contributed by atoms with Gasteiger partial charge in [0.05, 0.1) is 6.33 Å². The summed E-state index contributed by atoms with van der Waals surface area (Å²) in [5, 5.41) is 0.0348. The van der Waals surface area contributed by atoms with Crippen LogP contribution in [0.15, 0.2) is 54.0 Å². The Kier molecular flexibility index (Phi) is 9.71. The third kappa shape index (κ3) is 9.04. The molecule has 0 radical (unpaired) electrons. The van der Waals surface area contributed by atoms with Crippen molar-refractivity contribution in [3.8, 4) is 17.6 Å². The van der Waals surface area contributed by atoms with E-state index in [0.29, 0.717) is 0 Å². The highest BCUT2D eigenvalue weighted by atomic mass is 32.2. The van der Waals surface area contributed by atoms with Crippen molar-refractivity contribution in [1.82, 2.24) is 18.8 Å². The lowest BCUT2D eigenvalue weighted by Crippen LogP contribution is -2.31. The zero-order chi connectivity index (χ0) is 24.5. The molecule has 0 atom stereocenters. The number of ether oxygens (including phenoxy) is 1. The van der Waals surface area contributed by atoms with Gasteiger partial charge in [-0.25, -0.2) is 13.4 Å². The van der Waals surface area contributed by atoms with E-state index in [1.165, 1.54) is 23.9 Å². The molecule has 1 heterocycles. The highest BCUT2D eigenvalue weighted by Gasteiger charge is 2.23. The van der Waals surface area contributed by atoms with E-state index in [2.05, 4.69) is 61.6 Å². The van der Waals surface area contributed by atoms with Crippen LogP contribution in [0.25, 0.3) is 0 Å². The molecule has 0 spiro atoms. The number of hydrogen-bond donors (Lipinski definition) is 0. The molecule has 2 rings (SSSR count). The van der Waals surface area contributed by atoms with Crippen molar-refractivity contribution in [1.29, 1.82) is 0 Å². The Morgan fingerprint density at radius 3 is 2.67 bits per heavy atom. The fraction of sp³-hybridized carbons (Fsp3) is 0.480. The summed E-state index contributed by atoms with van der Waals surface area (Å²) in [6.07, 6.45) is 6.96. The molecule has 0 amide bonds. The van der Waals surface area contributed by atoms with Crippen LogP contribution >= 0.6 is 0 Å². The molecular weight excluding hydrogens is 436 g/mol. The molecule has 2 aromatic rings. The van der Waals surface area contributed by atoms with Gasteiger partial charge in [0.25, 0.3) is 10.0 Å². The van der Waals surface area contributed by atoms with Gasteiger partial charge >= 0.3 is 0 Å². The van der Waals surface area contributed by atoms with Gasteiger partial charge in [-0.3, -0.25) is 4.90 Å². The van der Waals surface area contributed by atoms with Crippen molar-refractivity contribution in [3.05, 3.63) is 54.5 Å². The summed E-state index contributed by atoms with van der Waals surface area (Å²) in [5.41, 5.74) is 1.14. The number of likely N-dealkylation sites (N-methyl/N-ethyl adjacent to an activating group) is 2. The number of hydrogen-bond acceptors (Lipinski definition) is 5. The number of nitrogens with zero attached hydrogens (tertiary/aromatic N) is 4. The van der Waals surface area contributed by atoms with Crippen LogP contribution in [0, 0.1) is 17.3 Å². The van der Waals surface area contributed by atoms with E-state index < -0.39 is 10.0 Å². The van der Waals surface area contributed by atoms with Crippen LogP contribution in [0.5, 0.6) is 5.75 Å². The maximum Gasteiger partial charge on any atom is 0.261 e. The molecule has 0 aliphatic carbocycles. The Hall–Kier alpha value is -2.60. The SMILES string of the molecule is CCN(C/C=C/C#CC(C)(C)C)Cc1cccc(OCCN(C)S(=O)(=O)c2cn(C)cn2)c1. The predicted molar refractivity (Wildman–Crippen MR) is 132 cm³/mol. The number of aromatic nitrogens is 2. The second kappa shape index (κ2) is 12.0.